The zero-order valence-electron chi connectivity index (χ0n) is 17.5. The molecule has 2 aromatic carbocycles. The molecule has 1 saturated carbocycles. The second-order valence-corrected chi connectivity index (χ2v) is 8.81. The normalized spacial score (nSPS) is 26.8. The van der Waals surface area contributed by atoms with E-state index in [1.807, 2.05) is 55.5 Å². The van der Waals surface area contributed by atoms with Gasteiger partial charge in [0.05, 0.1) is 0 Å². The Labute approximate surface area is 177 Å². The van der Waals surface area contributed by atoms with E-state index >= 15 is 0 Å². The summed E-state index contributed by atoms with van der Waals surface area (Å²) in [6.07, 6.45) is 5.86. The number of benzene rings is 2. The predicted molar refractivity (Wildman–Crippen MR) is 117 cm³/mol. The molecule has 0 spiro atoms. The van der Waals surface area contributed by atoms with Gasteiger partial charge in [0, 0.05) is 0 Å². The summed E-state index contributed by atoms with van der Waals surface area (Å²) in [4.78, 5) is 0. The highest BCUT2D eigenvalue weighted by atomic mass is 19.2. The van der Waals surface area contributed by atoms with E-state index in [2.05, 4.69) is 0 Å². The van der Waals surface area contributed by atoms with Crippen LogP contribution in [0.15, 0.2) is 66.3 Å². The lowest BCUT2D eigenvalue weighted by molar-refractivity contribution is 0.205. The fourth-order valence-corrected chi connectivity index (χ4v) is 4.94. The lowest BCUT2D eigenvalue weighted by Crippen LogP contribution is -2.29. The van der Waals surface area contributed by atoms with E-state index in [0.717, 1.165) is 55.2 Å². The molecule has 158 valence electrons. The van der Waals surface area contributed by atoms with Gasteiger partial charge in [-0.2, -0.15) is 0 Å². The molecule has 2 aliphatic carbocycles. The average Bonchev–Trinajstić information content (AvgIpc) is 2.76. The second-order valence-electron chi connectivity index (χ2n) is 8.81. The van der Waals surface area contributed by atoms with E-state index in [1.165, 1.54) is 0 Å². The monoisotopic (exact) mass is 410 g/mol. The van der Waals surface area contributed by atoms with Crippen LogP contribution in [0.5, 0.6) is 0 Å². The Kier molecular flexibility index (Phi) is 6.46. The predicted octanol–water partition coefficient (Wildman–Crippen LogP) is 7.57. The Morgan fingerprint density at radius 2 is 1.60 bits per heavy atom. The maximum atomic E-state index is 15.0. The number of alkyl halides is 2. The van der Waals surface area contributed by atoms with Crippen LogP contribution >= 0.6 is 0 Å². The van der Waals surface area contributed by atoms with Crippen LogP contribution in [0.4, 0.5) is 13.2 Å². The van der Waals surface area contributed by atoms with Gasteiger partial charge in [-0.1, -0.05) is 54.6 Å². The standard InChI is InChI=1S/C27H29F3/c1-18-7-11-22(25(28)17-18)14-10-19-8-12-21(13-9-19)24-16-15-23(26(29)27(24)30)20-5-3-2-4-6-20/h2-7,11,15-17,19,21,26-27H,8-10,12-14H2,1H3. The van der Waals surface area contributed by atoms with Crippen LogP contribution in [-0.4, -0.2) is 12.3 Å². The summed E-state index contributed by atoms with van der Waals surface area (Å²) in [7, 11) is 0. The average molecular weight is 411 g/mol. The molecule has 1 fully saturated rings. The molecule has 0 radical (unpaired) electrons. The SMILES string of the molecule is Cc1ccc(CCC2CCC(C3=CC=C(c4ccccc4)C(F)C3F)CC2)c(F)c1. The van der Waals surface area contributed by atoms with E-state index < -0.39 is 12.3 Å². The van der Waals surface area contributed by atoms with Crippen LogP contribution in [-0.2, 0) is 6.42 Å². The van der Waals surface area contributed by atoms with Crippen LogP contribution < -0.4 is 0 Å². The first kappa shape index (κ1) is 21.0. The molecule has 0 aromatic heterocycles. The molecular formula is C27H29F3. The Bertz CT molecular complexity index is 920. The third kappa shape index (κ3) is 4.55. The Hall–Kier alpha value is -2.29. The third-order valence-electron chi connectivity index (χ3n) is 6.78. The van der Waals surface area contributed by atoms with E-state index in [9.17, 15) is 13.2 Å². The largest absolute Gasteiger partial charge is 0.239 e. The Morgan fingerprint density at radius 1 is 0.867 bits per heavy atom. The summed E-state index contributed by atoms with van der Waals surface area (Å²) in [5.41, 5.74) is 3.51. The molecule has 30 heavy (non-hydrogen) atoms. The van der Waals surface area contributed by atoms with Crippen molar-refractivity contribution < 1.29 is 13.2 Å². The summed E-state index contributed by atoms with van der Waals surface area (Å²) in [5.74, 6) is 0.520. The summed E-state index contributed by atoms with van der Waals surface area (Å²) in [5, 5.41) is 0. The molecule has 0 bridgehead atoms. The van der Waals surface area contributed by atoms with Crippen molar-refractivity contribution >= 4 is 5.57 Å². The van der Waals surface area contributed by atoms with E-state index in [1.54, 1.807) is 12.1 Å². The van der Waals surface area contributed by atoms with Crippen molar-refractivity contribution in [2.75, 3.05) is 0 Å². The first-order chi connectivity index (χ1) is 14.5. The van der Waals surface area contributed by atoms with Crippen LogP contribution in [0.25, 0.3) is 5.57 Å². The first-order valence-electron chi connectivity index (χ1n) is 11.0. The maximum absolute atomic E-state index is 15.0. The highest BCUT2D eigenvalue weighted by Gasteiger charge is 2.36. The van der Waals surface area contributed by atoms with Crippen LogP contribution in [0.1, 0.15) is 48.8 Å². The quantitative estimate of drug-likeness (QED) is 0.477. The summed E-state index contributed by atoms with van der Waals surface area (Å²) < 4.78 is 43.9. The molecule has 2 aliphatic rings. The molecule has 2 aromatic rings. The molecular weight excluding hydrogens is 381 g/mol. The highest BCUT2D eigenvalue weighted by molar-refractivity contribution is 5.73. The Morgan fingerprint density at radius 3 is 2.30 bits per heavy atom. The second kappa shape index (κ2) is 9.24. The number of hydrogen-bond donors (Lipinski definition) is 0. The van der Waals surface area contributed by atoms with Gasteiger partial charge in [0.25, 0.3) is 0 Å². The van der Waals surface area contributed by atoms with Gasteiger partial charge in [-0.25, -0.2) is 13.2 Å². The Balaban J connectivity index is 1.35. The van der Waals surface area contributed by atoms with Crippen LogP contribution in [0.2, 0.25) is 0 Å². The number of aryl methyl sites for hydroxylation is 2. The minimum absolute atomic E-state index is 0.110. The minimum Gasteiger partial charge on any atom is -0.239 e. The van der Waals surface area contributed by atoms with Crippen molar-refractivity contribution in [2.45, 2.75) is 57.8 Å². The van der Waals surface area contributed by atoms with Gasteiger partial charge < -0.3 is 0 Å². The van der Waals surface area contributed by atoms with Crippen molar-refractivity contribution in [1.82, 2.24) is 0 Å². The molecule has 2 unspecified atom stereocenters. The number of halogens is 3. The van der Waals surface area contributed by atoms with Gasteiger partial charge in [-0.15, -0.1) is 0 Å². The van der Waals surface area contributed by atoms with Crippen LogP contribution in [0, 0.1) is 24.6 Å². The summed E-state index contributed by atoms with van der Waals surface area (Å²) >= 11 is 0. The summed E-state index contributed by atoms with van der Waals surface area (Å²) in [6, 6.07) is 14.6. The van der Waals surface area contributed by atoms with E-state index in [4.69, 9.17) is 0 Å². The van der Waals surface area contributed by atoms with Crippen molar-refractivity contribution in [3.8, 4) is 0 Å². The van der Waals surface area contributed by atoms with Crippen LogP contribution in [0.3, 0.4) is 0 Å². The van der Waals surface area contributed by atoms with Gasteiger partial charge in [0.2, 0.25) is 0 Å². The van der Waals surface area contributed by atoms with E-state index in [0.29, 0.717) is 17.1 Å². The lowest BCUT2D eigenvalue weighted by atomic mass is 9.73. The van der Waals surface area contributed by atoms with Crippen molar-refractivity contribution in [1.29, 1.82) is 0 Å². The smallest absolute Gasteiger partial charge is 0.161 e. The van der Waals surface area contributed by atoms with Gasteiger partial charge in [-0.3, -0.25) is 0 Å². The third-order valence-corrected chi connectivity index (χ3v) is 6.78. The fraction of sp³-hybridized carbons (Fsp3) is 0.407. The summed E-state index contributed by atoms with van der Waals surface area (Å²) in [6.45, 7) is 1.90. The number of allylic oxidation sites excluding steroid dienone is 4. The molecule has 0 heterocycles. The molecule has 0 aliphatic heterocycles. The molecule has 0 saturated heterocycles. The number of hydrogen-bond acceptors (Lipinski definition) is 0. The molecule has 3 heteroatoms. The lowest BCUT2D eigenvalue weighted by Gasteiger charge is -2.34. The molecule has 0 N–H and O–H groups in total. The molecule has 2 atom stereocenters. The van der Waals surface area contributed by atoms with Gasteiger partial charge >= 0.3 is 0 Å². The van der Waals surface area contributed by atoms with Gasteiger partial charge in [0.15, 0.2) is 12.3 Å². The fourth-order valence-electron chi connectivity index (χ4n) is 4.94. The zero-order valence-corrected chi connectivity index (χ0v) is 17.5. The molecule has 0 amide bonds. The highest BCUT2D eigenvalue weighted by Crippen LogP contribution is 2.41. The van der Waals surface area contributed by atoms with Gasteiger partial charge in [0.1, 0.15) is 5.82 Å². The minimum atomic E-state index is -1.60. The maximum Gasteiger partial charge on any atom is 0.161 e. The van der Waals surface area contributed by atoms with E-state index in [-0.39, 0.29) is 11.7 Å². The van der Waals surface area contributed by atoms with Crippen molar-refractivity contribution in [3.63, 3.8) is 0 Å². The topological polar surface area (TPSA) is 0 Å². The molecule has 4 rings (SSSR count). The van der Waals surface area contributed by atoms with Crippen molar-refractivity contribution in [3.05, 3.63) is 88.8 Å². The van der Waals surface area contributed by atoms with Gasteiger partial charge in [-0.05, 0) is 91.2 Å². The van der Waals surface area contributed by atoms with Crippen molar-refractivity contribution in [2.24, 2.45) is 11.8 Å². The molecule has 0 nitrogen and oxygen atoms in total. The zero-order chi connectivity index (χ0) is 21.1. The first-order valence-corrected chi connectivity index (χ1v) is 11.0. The number of rotatable bonds is 5.